The lowest BCUT2D eigenvalue weighted by molar-refractivity contribution is 0.0696. The van der Waals surface area contributed by atoms with Gasteiger partial charge in [0.2, 0.25) is 0 Å². The van der Waals surface area contributed by atoms with E-state index in [9.17, 15) is 9.59 Å². The number of fused-ring (bicyclic) bond motifs is 1. The number of benzene rings is 1. The molecule has 1 heterocycles. The van der Waals surface area contributed by atoms with Crippen molar-refractivity contribution < 1.29 is 14.7 Å². The summed E-state index contributed by atoms with van der Waals surface area (Å²) in [4.78, 5) is 24.4. The molecule has 0 saturated heterocycles. The van der Waals surface area contributed by atoms with Crippen LogP contribution in [0.2, 0.25) is 0 Å². The van der Waals surface area contributed by atoms with Crippen molar-refractivity contribution in [2.24, 2.45) is 0 Å². The SMILES string of the molecule is CC#CCNC(=O)N1Cc2ccc(C(=O)O)cc2C1. The lowest BCUT2D eigenvalue weighted by atomic mass is 10.1. The summed E-state index contributed by atoms with van der Waals surface area (Å²) in [6.45, 7) is 2.97. The first-order valence-corrected chi connectivity index (χ1v) is 5.89. The van der Waals surface area contributed by atoms with Gasteiger partial charge in [0.25, 0.3) is 0 Å². The molecule has 2 rings (SSSR count). The van der Waals surface area contributed by atoms with Crippen LogP contribution in [0.15, 0.2) is 18.2 Å². The van der Waals surface area contributed by atoms with Gasteiger partial charge in [-0.15, -0.1) is 5.92 Å². The number of hydrogen-bond donors (Lipinski definition) is 2. The van der Waals surface area contributed by atoms with E-state index >= 15 is 0 Å². The summed E-state index contributed by atoms with van der Waals surface area (Å²) in [6.07, 6.45) is 0. The van der Waals surface area contributed by atoms with Gasteiger partial charge in [-0.3, -0.25) is 0 Å². The van der Waals surface area contributed by atoms with Crippen molar-refractivity contribution >= 4 is 12.0 Å². The minimum Gasteiger partial charge on any atom is -0.478 e. The molecule has 0 saturated carbocycles. The molecule has 2 N–H and O–H groups in total. The quantitative estimate of drug-likeness (QED) is 0.788. The van der Waals surface area contributed by atoms with Gasteiger partial charge in [-0.1, -0.05) is 12.0 Å². The van der Waals surface area contributed by atoms with E-state index in [2.05, 4.69) is 17.2 Å². The Balaban J connectivity index is 2.05. The van der Waals surface area contributed by atoms with E-state index < -0.39 is 5.97 Å². The maximum atomic E-state index is 11.8. The first-order chi connectivity index (χ1) is 9.11. The molecule has 1 aliphatic rings. The number of carbonyl (C=O) groups excluding carboxylic acids is 1. The zero-order valence-electron chi connectivity index (χ0n) is 10.6. The largest absolute Gasteiger partial charge is 0.478 e. The summed E-state index contributed by atoms with van der Waals surface area (Å²) in [5.74, 6) is 4.51. The van der Waals surface area contributed by atoms with Crippen molar-refractivity contribution in [3.8, 4) is 11.8 Å². The highest BCUT2D eigenvalue weighted by atomic mass is 16.4. The monoisotopic (exact) mass is 258 g/mol. The van der Waals surface area contributed by atoms with Crippen LogP contribution in [0.25, 0.3) is 0 Å². The highest BCUT2D eigenvalue weighted by Gasteiger charge is 2.23. The Hall–Kier alpha value is -2.48. The number of carboxylic acids is 1. The third-order valence-electron chi connectivity index (χ3n) is 2.97. The minimum atomic E-state index is -0.955. The molecule has 0 fully saturated rings. The maximum absolute atomic E-state index is 11.8. The minimum absolute atomic E-state index is 0.184. The highest BCUT2D eigenvalue weighted by Crippen LogP contribution is 2.23. The van der Waals surface area contributed by atoms with Gasteiger partial charge in [-0.2, -0.15) is 0 Å². The molecule has 0 spiro atoms. The molecule has 2 amide bonds. The van der Waals surface area contributed by atoms with Gasteiger partial charge in [0.05, 0.1) is 12.1 Å². The van der Waals surface area contributed by atoms with E-state index in [1.165, 1.54) is 0 Å². The van der Waals surface area contributed by atoms with E-state index in [1.807, 2.05) is 0 Å². The fraction of sp³-hybridized carbons (Fsp3) is 0.286. The molecular weight excluding hydrogens is 244 g/mol. The molecule has 1 aromatic rings. The van der Waals surface area contributed by atoms with Crippen LogP contribution in [-0.2, 0) is 13.1 Å². The lowest BCUT2D eigenvalue weighted by Gasteiger charge is -2.14. The molecule has 5 heteroatoms. The topological polar surface area (TPSA) is 69.6 Å². The van der Waals surface area contributed by atoms with Crippen LogP contribution in [0.3, 0.4) is 0 Å². The smallest absolute Gasteiger partial charge is 0.335 e. The molecule has 0 aromatic heterocycles. The van der Waals surface area contributed by atoms with Crippen LogP contribution >= 0.6 is 0 Å². The Labute approximate surface area is 111 Å². The van der Waals surface area contributed by atoms with Crippen LogP contribution in [0.4, 0.5) is 4.79 Å². The number of aromatic carboxylic acids is 1. The van der Waals surface area contributed by atoms with Crippen molar-refractivity contribution in [1.82, 2.24) is 10.2 Å². The second-order valence-corrected chi connectivity index (χ2v) is 4.23. The fourth-order valence-electron chi connectivity index (χ4n) is 1.99. The van der Waals surface area contributed by atoms with Gasteiger partial charge < -0.3 is 15.3 Å². The second kappa shape index (κ2) is 5.44. The Bertz CT molecular complexity index is 584. The zero-order valence-corrected chi connectivity index (χ0v) is 10.6. The van der Waals surface area contributed by atoms with Crippen LogP contribution in [0.1, 0.15) is 28.4 Å². The summed E-state index contributed by atoms with van der Waals surface area (Å²) >= 11 is 0. The van der Waals surface area contributed by atoms with Gasteiger partial charge in [0.15, 0.2) is 0 Å². The average Bonchev–Trinajstić information content (AvgIpc) is 2.81. The zero-order chi connectivity index (χ0) is 13.8. The molecule has 19 heavy (non-hydrogen) atoms. The van der Waals surface area contributed by atoms with E-state index in [4.69, 9.17) is 5.11 Å². The maximum Gasteiger partial charge on any atom is 0.335 e. The van der Waals surface area contributed by atoms with Crippen molar-refractivity contribution in [2.45, 2.75) is 20.0 Å². The van der Waals surface area contributed by atoms with Crippen LogP contribution in [0.5, 0.6) is 0 Å². The van der Waals surface area contributed by atoms with Crippen LogP contribution < -0.4 is 5.32 Å². The molecule has 0 atom stereocenters. The summed E-state index contributed by atoms with van der Waals surface area (Å²) in [7, 11) is 0. The Morgan fingerprint density at radius 2 is 2.11 bits per heavy atom. The molecule has 1 aliphatic heterocycles. The van der Waals surface area contributed by atoms with Crippen molar-refractivity contribution in [1.29, 1.82) is 0 Å². The molecule has 0 bridgehead atoms. The standard InChI is InChI=1S/C14H14N2O3/c1-2-3-6-15-14(19)16-8-11-5-4-10(13(17)18)7-12(11)9-16/h4-5,7H,6,8-9H2,1H3,(H,15,19)(H,17,18). The number of nitrogens with one attached hydrogen (secondary N) is 1. The molecule has 0 aliphatic carbocycles. The van der Waals surface area contributed by atoms with E-state index in [0.717, 1.165) is 11.1 Å². The molecule has 0 radical (unpaired) electrons. The predicted molar refractivity (Wildman–Crippen MR) is 69.5 cm³/mol. The Morgan fingerprint density at radius 1 is 1.37 bits per heavy atom. The predicted octanol–water partition coefficient (Wildman–Crippen LogP) is 1.43. The molecule has 1 aromatic carbocycles. The number of urea groups is 1. The number of hydrogen-bond acceptors (Lipinski definition) is 2. The third-order valence-corrected chi connectivity index (χ3v) is 2.97. The molecule has 0 unspecified atom stereocenters. The van der Waals surface area contributed by atoms with Gasteiger partial charge in [-0.05, 0) is 30.2 Å². The van der Waals surface area contributed by atoms with Crippen LogP contribution in [0, 0.1) is 11.8 Å². The second-order valence-electron chi connectivity index (χ2n) is 4.23. The van der Waals surface area contributed by atoms with Crippen molar-refractivity contribution in [3.63, 3.8) is 0 Å². The fourth-order valence-corrected chi connectivity index (χ4v) is 1.99. The van der Waals surface area contributed by atoms with Crippen LogP contribution in [-0.4, -0.2) is 28.6 Å². The van der Waals surface area contributed by atoms with Crippen molar-refractivity contribution in [3.05, 3.63) is 34.9 Å². The van der Waals surface area contributed by atoms with Crippen molar-refractivity contribution in [2.75, 3.05) is 6.54 Å². The number of nitrogens with zero attached hydrogens (tertiary/aromatic N) is 1. The van der Waals surface area contributed by atoms with Gasteiger partial charge >= 0.3 is 12.0 Å². The normalized spacial score (nSPS) is 12.4. The Kier molecular flexibility index (Phi) is 3.71. The number of carboxylic acid groups (broad SMARTS) is 1. The molecule has 5 nitrogen and oxygen atoms in total. The van der Waals surface area contributed by atoms with Gasteiger partial charge in [-0.25, -0.2) is 9.59 Å². The summed E-state index contributed by atoms with van der Waals surface area (Å²) in [5, 5.41) is 11.6. The number of amides is 2. The van der Waals surface area contributed by atoms with Gasteiger partial charge in [0, 0.05) is 13.1 Å². The van der Waals surface area contributed by atoms with Gasteiger partial charge in [0.1, 0.15) is 0 Å². The number of rotatable bonds is 2. The van der Waals surface area contributed by atoms with E-state index in [1.54, 1.807) is 30.0 Å². The first kappa shape index (κ1) is 13.0. The van der Waals surface area contributed by atoms with E-state index in [-0.39, 0.29) is 11.6 Å². The third kappa shape index (κ3) is 2.86. The molecule has 98 valence electrons. The Morgan fingerprint density at radius 3 is 2.79 bits per heavy atom. The first-order valence-electron chi connectivity index (χ1n) is 5.89. The number of carbonyl (C=O) groups is 2. The lowest BCUT2D eigenvalue weighted by Crippen LogP contribution is -2.36. The molecular formula is C14H14N2O3. The van der Waals surface area contributed by atoms with E-state index in [0.29, 0.717) is 19.6 Å². The summed E-state index contributed by atoms with van der Waals surface area (Å²) in [6, 6.07) is 4.76. The highest BCUT2D eigenvalue weighted by molar-refractivity contribution is 5.88. The average molecular weight is 258 g/mol. The summed E-state index contributed by atoms with van der Waals surface area (Å²) in [5.41, 5.74) is 2.12. The summed E-state index contributed by atoms with van der Waals surface area (Å²) < 4.78 is 0.